The van der Waals surface area contributed by atoms with Crippen molar-refractivity contribution >= 4 is 23.0 Å². The molecule has 1 aliphatic heterocycles. The van der Waals surface area contributed by atoms with Crippen LogP contribution in [0.3, 0.4) is 0 Å². The molecule has 0 amide bonds. The molecule has 1 heterocycles. The summed E-state index contributed by atoms with van der Waals surface area (Å²) in [6.07, 6.45) is -0.0136. The number of rotatable bonds is 4. The summed E-state index contributed by atoms with van der Waals surface area (Å²) in [5.74, 6) is 0. The highest BCUT2D eigenvalue weighted by atomic mass is 35.5. The molecule has 1 unspecified atom stereocenters. The maximum absolute atomic E-state index is 10.9. The van der Waals surface area contributed by atoms with Gasteiger partial charge < -0.3 is 14.4 Å². The van der Waals surface area contributed by atoms with Gasteiger partial charge in [-0.15, -0.1) is 0 Å². The van der Waals surface area contributed by atoms with Crippen LogP contribution in [0.4, 0.5) is 11.4 Å². The number of hydrogen-bond donors (Lipinski definition) is 0. The standard InChI is InChI=1S/C13H17ClN2O4/c1-9-5-13(11(14)6-12(9)16(17)18)15-3-4-20-10(7-15)8-19-2/h5-6,10H,3-4,7-8H2,1-2H3. The summed E-state index contributed by atoms with van der Waals surface area (Å²) in [7, 11) is 1.63. The van der Waals surface area contributed by atoms with Crippen molar-refractivity contribution in [3.63, 3.8) is 0 Å². The number of nitro benzene ring substituents is 1. The maximum atomic E-state index is 10.9. The fraction of sp³-hybridized carbons (Fsp3) is 0.538. The van der Waals surface area contributed by atoms with Gasteiger partial charge in [0.1, 0.15) is 0 Å². The number of hydrogen-bond acceptors (Lipinski definition) is 5. The van der Waals surface area contributed by atoms with Crippen LogP contribution in [-0.2, 0) is 9.47 Å². The second kappa shape index (κ2) is 6.39. The number of nitrogens with zero attached hydrogens (tertiary/aromatic N) is 2. The van der Waals surface area contributed by atoms with E-state index in [0.717, 1.165) is 5.69 Å². The Morgan fingerprint density at radius 1 is 1.60 bits per heavy atom. The predicted molar refractivity (Wildman–Crippen MR) is 76.7 cm³/mol. The van der Waals surface area contributed by atoms with Gasteiger partial charge in [-0.2, -0.15) is 0 Å². The van der Waals surface area contributed by atoms with Gasteiger partial charge in [0, 0.05) is 31.8 Å². The molecular formula is C13H17ClN2O4. The van der Waals surface area contributed by atoms with Crippen molar-refractivity contribution in [1.82, 2.24) is 0 Å². The molecule has 1 aliphatic rings. The zero-order chi connectivity index (χ0) is 14.7. The summed E-state index contributed by atoms with van der Waals surface area (Å²) in [5.41, 5.74) is 1.45. The number of methoxy groups -OCH3 is 1. The molecule has 1 aromatic carbocycles. The molecule has 0 N–H and O–H groups in total. The van der Waals surface area contributed by atoms with E-state index in [1.54, 1.807) is 20.1 Å². The molecule has 0 saturated carbocycles. The van der Waals surface area contributed by atoms with Gasteiger partial charge in [0.15, 0.2) is 0 Å². The van der Waals surface area contributed by atoms with Crippen molar-refractivity contribution in [2.45, 2.75) is 13.0 Å². The first kappa shape index (κ1) is 15.0. The normalized spacial score (nSPS) is 19.1. The number of halogens is 1. The monoisotopic (exact) mass is 300 g/mol. The van der Waals surface area contributed by atoms with E-state index in [9.17, 15) is 10.1 Å². The van der Waals surface area contributed by atoms with E-state index in [4.69, 9.17) is 21.1 Å². The van der Waals surface area contributed by atoms with Gasteiger partial charge in [-0.05, 0) is 13.0 Å². The van der Waals surface area contributed by atoms with Crippen molar-refractivity contribution in [3.05, 3.63) is 32.8 Å². The quantitative estimate of drug-likeness (QED) is 0.631. The van der Waals surface area contributed by atoms with Gasteiger partial charge in [-0.1, -0.05) is 11.6 Å². The second-order valence-electron chi connectivity index (χ2n) is 4.74. The molecule has 0 radical (unpaired) electrons. The lowest BCUT2D eigenvalue weighted by molar-refractivity contribution is -0.385. The minimum Gasteiger partial charge on any atom is -0.382 e. The van der Waals surface area contributed by atoms with Crippen molar-refractivity contribution in [2.75, 3.05) is 38.3 Å². The van der Waals surface area contributed by atoms with Crippen molar-refractivity contribution < 1.29 is 14.4 Å². The molecule has 7 heteroatoms. The van der Waals surface area contributed by atoms with Crippen LogP contribution in [-0.4, -0.2) is 44.4 Å². The number of nitro groups is 1. The predicted octanol–water partition coefficient (Wildman–Crippen LogP) is 2.41. The molecule has 2 rings (SSSR count). The van der Waals surface area contributed by atoms with Gasteiger partial charge >= 0.3 is 0 Å². The summed E-state index contributed by atoms with van der Waals surface area (Å²) in [6, 6.07) is 3.17. The highest BCUT2D eigenvalue weighted by Crippen LogP contribution is 2.33. The highest BCUT2D eigenvalue weighted by molar-refractivity contribution is 6.33. The van der Waals surface area contributed by atoms with E-state index in [0.29, 0.717) is 36.9 Å². The van der Waals surface area contributed by atoms with E-state index in [2.05, 4.69) is 4.90 Å². The number of morpholine rings is 1. The summed E-state index contributed by atoms with van der Waals surface area (Å²) >= 11 is 6.19. The average Bonchev–Trinajstić information content (AvgIpc) is 2.41. The molecule has 1 fully saturated rings. The van der Waals surface area contributed by atoms with E-state index in [1.807, 2.05) is 0 Å². The highest BCUT2D eigenvalue weighted by Gasteiger charge is 2.24. The molecule has 110 valence electrons. The lowest BCUT2D eigenvalue weighted by Gasteiger charge is -2.34. The van der Waals surface area contributed by atoms with Gasteiger partial charge in [0.2, 0.25) is 0 Å². The Balaban J connectivity index is 2.24. The van der Waals surface area contributed by atoms with Crippen molar-refractivity contribution in [3.8, 4) is 0 Å². The van der Waals surface area contributed by atoms with Crippen molar-refractivity contribution in [2.24, 2.45) is 0 Å². The smallest absolute Gasteiger partial charge is 0.273 e. The lowest BCUT2D eigenvalue weighted by atomic mass is 10.1. The Kier molecular flexibility index (Phi) is 4.80. The number of benzene rings is 1. The summed E-state index contributed by atoms with van der Waals surface area (Å²) in [6.45, 7) is 4.17. The molecule has 0 aliphatic carbocycles. The maximum Gasteiger partial charge on any atom is 0.273 e. The van der Waals surface area contributed by atoms with Crippen LogP contribution in [0.1, 0.15) is 5.56 Å². The lowest BCUT2D eigenvalue weighted by Crippen LogP contribution is -2.44. The largest absolute Gasteiger partial charge is 0.382 e. The molecule has 0 aromatic heterocycles. The minimum atomic E-state index is -0.419. The third kappa shape index (κ3) is 3.20. The average molecular weight is 301 g/mol. The fourth-order valence-electron chi connectivity index (χ4n) is 2.32. The molecule has 20 heavy (non-hydrogen) atoms. The minimum absolute atomic E-state index is 0.0136. The number of anilines is 1. The van der Waals surface area contributed by atoms with Gasteiger partial charge in [-0.3, -0.25) is 10.1 Å². The molecule has 1 saturated heterocycles. The molecule has 0 bridgehead atoms. The van der Waals surface area contributed by atoms with Gasteiger partial charge in [0.05, 0.1) is 35.0 Å². The Morgan fingerprint density at radius 2 is 2.35 bits per heavy atom. The molecule has 1 atom stereocenters. The summed E-state index contributed by atoms with van der Waals surface area (Å²) < 4.78 is 10.7. The van der Waals surface area contributed by atoms with E-state index >= 15 is 0 Å². The third-order valence-electron chi connectivity index (χ3n) is 3.29. The van der Waals surface area contributed by atoms with Gasteiger partial charge in [-0.25, -0.2) is 0 Å². The van der Waals surface area contributed by atoms with E-state index in [-0.39, 0.29) is 11.8 Å². The first-order chi connectivity index (χ1) is 9.52. The zero-order valence-corrected chi connectivity index (χ0v) is 12.2. The topological polar surface area (TPSA) is 64.8 Å². The summed E-state index contributed by atoms with van der Waals surface area (Å²) in [5, 5.41) is 11.3. The number of ether oxygens (including phenoxy) is 2. The number of aryl methyl sites for hydroxylation is 1. The fourth-order valence-corrected chi connectivity index (χ4v) is 2.60. The van der Waals surface area contributed by atoms with E-state index < -0.39 is 4.92 Å². The van der Waals surface area contributed by atoms with Crippen LogP contribution in [0.25, 0.3) is 0 Å². The van der Waals surface area contributed by atoms with Crippen LogP contribution >= 0.6 is 11.6 Å². The first-order valence-electron chi connectivity index (χ1n) is 6.33. The van der Waals surface area contributed by atoms with Crippen LogP contribution in [0.5, 0.6) is 0 Å². The van der Waals surface area contributed by atoms with Crippen LogP contribution in [0.2, 0.25) is 5.02 Å². The Morgan fingerprint density at radius 3 is 3.00 bits per heavy atom. The Hall–Kier alpha value is -1.37. The van der Waals surface area contributed by atoms with E-state index in [1.165, 1.54) is 6.07 Å². The molecule has 0 spiro atoms. The molecule has 1 aromatic rings. The van der Waals surface area contributed by atoms with Crippen LogP contribution in [0.15, 0.2) is 12.1 Å². The second-order valence-corrected chi connectivity index (χ2v) is 5.15. The zero-order valence-electron chi connectivity index (χ0n) is 11.5. The molecular weight excluding hydrogens is 284 g/mol. The van der Waals surface area contributed by atoms with Crippen molar-refractivity contribution in [1.29, 1.82) is 0 Å². The first-order valence-corrected chi connectivity index (χ1v) is 6.70. The van der Waals surface area contributed by atoms with Gasteiger partial charge in [0.25, 0.3) is 5.69 Å². The Labute approximate surface area is 122 Å². The Bertz CT molecular complexity index is 507. The summed E-state index contributed by atoms with van der Waals surface area (Å²) in [4.78, 5) is 12.6. The molecule has 6 nitrogen and oxygen atoms in total. The van der Waals surface area contributed by atoms with Crippen LogP contribution < -0.4 is 4.90 Å². The SMILES string of the molecule is COCC1CN(c2cc(C)c([N+](=O)[O-])cc2Cl)CCO1. The van der Waals surface area contributed by atoms with Crippen LogP contribution in [0, 0.1) is 17.0 Å². The third-order valence-corrected chi connectivity index (χ3v) is 3.60.